The zero-order valence-corrected chi connectivity index (χ0v) is 19.3. The zero-order valence-electron chi connectivity index (χ0n) is 17.7. The van der Waals surface area contributed by atoms with E-state index >= 15 is 0 Å². The minimum Gasteiger partial charge on any atom is -0.293 e. The quantitative estimate of drug-likeness (QED) is 0.187. The van der Waals surface area contributed by atoms with Gasteiger partial charge in [0.1, 0.15) is 5.03 Å². The smallest absolute Gasteiger partial charge is 0.180 e. The van der Waals surface area contributed by atoms with Crippen LogP contribution >= 0.6 is 23.4 Å². The second-order valence-electron chi connectivity index (χ2n) is 7.68. The Hall–Kier alpha value is -3.40. The molecule has 0 saturated heterocycles. The van der Waals surface area contributed by atoms with Crippen molar-refractivity contribution >= 4 is 39.9 Å². The number of ketones is 1. The van der Waals surface area contributed by atoms with Crippen LogP contribution in [-0.2, 0) is 0 Å². The number of carbonyl (C=O) groups is 1. The van der Waals surface area contributed by atoms with Crippen LogP contribution in [-0.4, -0.2) is 10.8 Å². The molecule has 0 fully saturated rings. The van der Waals surface area contributed by atoms with E-state index in [9.17, 15) is 4.79 Å². The summed E-state index contributed by atoms with van der Waals surface area (Å²) in [5.41, 5.74) is 3.51. The van der Waals surface area contributed by atoms with E-state index in [4.69, 9.17) is 16.6 Å². The monoisotopic (exact) mass is 465 g/mol. The van der Waals surface area contributed by atoms with Gasteiger partial charge in [-0.25, -0.2) is 4.98 Å². The van der Waals surface area contributed by atoms with Crippen molar-refractivity contribution in [1.29, 1.82) is 0 Å². The van der Waals surface area contributed by atoms with Crippen molar-refractivity contribution in [2.45, 2.75) is 10.3 Å². The molecular formula is C29H20ClNOS. The van der Waals surface area contributed by atoms with Crippen LogP contribution in [0.15, 0.2) is 120 Å². The molecule has 0 amide bonds. The first-order chi connectivity index (χ1) is 16.2. The third-order valence-electron chi connectivity index (χ3n) is 5.47. The van der Waals surface area contributed by atoms with Crippen LogP contribution < -0.4 is 0 Å². The van der Waals surface area contributed by atoms with Crippen molar-refractivity contribution in [3.05, 3.63) is 131 Å². The highest BCUT2D eigenvalue weighted by molar-refractivity contribution is 8.00. The number of carbonyl (C=O) groups excluding carboxylic acids is 1. The second-order valence-corrected chi connectivity index (χ2v) is 9.21. The first-order valence-electron chi connectivity index (χ1n) is 10.7. The van der Waals surface area contributed by atoms with Crippen LogP contribution in [0.3, 0.4) is 0 Å². The molecule has 1 heterocycles. The largest absolute Gasteiger partial charge is 0.293 e. The summed E-state index contributed by atoms with van der Waals surface area (Å²) >= 11 is 7.55. The molecule has 5 aromatic rings. The molecule has 0 saturated carbocycles. The molecule has 0 bridgehead atoms. The highest BCUT2D eigenvalue weighted by Gasteiger charge is 2.25. The molecule has 1 unspecified atom stereocenters. The van der Waals surface area contributed by atoms with Gasteiger partial charge >= 0.3 is 0 Å². The summed E-state index contributed by atoms with van der Waals surface area (Å²) < 4.78 is 0. The van der Waals surface area contributed by atoms with Gasteiger partial charge in [0.05, 0.1) is 10.9 Å². The average Bonchev–Trinajstić information content (AvgIpc) is 2.88. The van der Waals surface area contributed by atoms with E-state index in [-0.39, 0.29) is 5.78 Å². The van der Waals surface area contributed by atoms with Gasteiger partial charge < -0.3 is 0 Å². The maximum Gasteiger partial charge on any atom is 0.180 e. The van der Waals surface area contributed by atoms with Gasteiger partial charge in [0.15, 0.2) is 5.78 Å². The number of thioether (sulfide) groups is 1. The van der Waals surface area contributed by atoms with Crippen molar-refractivity contribution in [2.75, 3.05) is 0 Å². The van der Waals surface area contributed by atoms with Crippen LogP contribution in [0.2, 0.25) is 5.02 Å². The molecule has 0 radical (unpaired) electrons. The maximum atomic E-state index is 13.7. The molecule has 0 spiro atoms. The van der Waals surface area contributed by atoms with Crippen molar-refractivity contribution in [2.24, 2.45) is 0 Å². The lowest BCUT2D eigenvalue weighted by Crippen LogP contribution is -2.10. The van der Waals surface area contributed by atoms with Gasteiger partial charge in [-0.3, -0.25) is 4.79 Å². The number of Topliss-reactive ketones (excluding diaryl/α,β-unsaturated/α-hetero) is 1. The Morgan fingerprint density at radius 3 is 2.12 bits per heavy atom. The highest BCUT2D eigenvalue weighted by atomic mass is 35.5. The molecule has 33 heavy (non-hydrogen) atoms. The molecule has 0 aliphatic heterocycles. The topological polar surface area (TPSA) is 30.0 Å². The molecule has 160 valence electrons. The van der Waals surface area contributed by atoms with Crippen LogP contribution in [0, 0.1) is 0 Å². The molecule has 0 aliphatic rings. The normalized spacial score (nSPS) is 11.9. The van der Waals surface area contributed by atoms with E-state index in [0.29, 0.717) is 10.6 Å². The standard InChI is InChI=1S/C29H20ClNOS/c30-24-17-15-21(16-18-24)27(32)28(22-11-5-2-6-12-22)33-29-25-14-8-7-13-23(25)19-26(31-29)20-9-3-1-4-10-20/h1-19,28H. The van der Waals surface area contributed by atoms with Gasteiger partial charge in [0.25, 0.3) is 0 Å². The van der Waals surface area contributed by atoms with Crippen molar-refractivity contribution in [3.63, 3.8) is 0 Å². The minimum atomic E-state index is -0.436. The summed E-state index contributed by atoms with van der Waals surface area (Å²) in [6.07, 6.45) is 0. The molecule has 5 rings (SSSR count). The molecule has 1 atom stereocenters. The SMILES string of the molecule is O=C(c1ccc(Cl)cc1)C(Sc1nc(-c2ccccc2)cc2ccccc12)c1ccccc1. The summed E-state index contributed by atoms with van der Waals surface area (Å²) in [7, 11) is 0. The van der Waals surface area contributed by atoms with E-state index in [1.165, 1.54) is 11.8 Å². The summed E-state index contributed by atoms with van der Waals surface area (Å²) in [5.74, 6) is 0.0267. The van der Waals surface area contributed by atoms with Crippen molar-refractivity contribution in [3.8, 4) is 11.3 Å². The van der Waals surface area contributed by atoms with Crippen molar-refractivity contribution in [1.82, 2.24) is 4.98 Å². The molecule has 0 N–H and O–H groups in total. The van der Waals surface area contributed by atoms with Crippen LogP contribution in [0.5, 0.6) is 0 Å². The number of hydrogen-bond donors (Lipinski definition) is 0. The van der Waals surface area contributed by atoms with E-state index < -0.39 is 5.25 Å². The first-order valence-corrected chi connectivity index (χ1v) is 11.9. The molecule has 0 aliphatic carbocycles. The second kappa shape index (κ2) is 9.62. The summed E-state index contributed by atoms with van der Waals surface area (Å²) in [5, 5.41) is 3.14. The fourth-order valence-electron chi connectivity index (χ4n) is 3.79. The third kappa shape index (κ3) is 4.70. The van der Waals surface area contributed by atoms with Crippen molar-refractivity contribution < 1.29 is 4.79 Å². The fraction of sp³-hybridized carbons (Fsp3) is 0.0345. The molecule has 4 heteroatoms. The number of nitrogens with zero attached hydrogens (tertiary/aromatic N) is 1. The lowest BCUT2D eigenvalue weighted by atomic mass is 10.0. The average molecular weight is 466 g/mol. The Morgan fingerprint density at radius 1 is 0.758 bits per heavy atom. The summed E-state index contributed by atoms with van der Waals surface area (Å²) in [6.45, 7) is 0. The predicted octanol–water partition coefficient (Wildman–Crippen LogP) is 8.27. The van der Waals surface area contributed by atoms with Crippen LogP contribution in [0.4, 0.5) is 0 Å². The Labute approximate surface area is 202 Å². The third-order valence-corrected chi connectivity index (χ3v) is 6.98. The van der Waals surface area contributed by atoms with E-state index in [1.54, 1.807) is 24.3 Å². The number of benzene rings is 4. The maximum absolute atomic E-state index is 13.7. The van der Waals surface area contributed by atoms with E-state index in [0.717, 1.165) is 32.6 Å². The lowest BCUT2D eigenvalue weighted by molar-refractivity contribution is 0.0989. The van der Waals surface area contributed by atoms with Gasteiger partial charge in [-0.2, -0.15) is 0 Å². The van der Waals surface area contributed by atoms with Crippen LogP contribution in [0.1, 0.15) is 21.2 Å². The zero-order chi connectivity index (χ0) is 22.6. The minimum absolute atomic E-state index is 0.0267. The Morgan fingerprint density at radius 2 is 1.39 bits per heavy atom. The van der Waals surface area contributed by atoms with Gasteiger partial charge in [0, 0.05) is 21.5 Å². The van der Waals surface area contributed by atoms with E-state index in [2.05, 4.69) is 30.3 Å². The molecule has 1 aromatic heterocycles. The first kappa shape index (κ1) is 21.4. The Balaban J connectivity index is 1.62. The molecule has 4 aromatic carbocycles. The summed E-state index contributed by atoms with van der Waals surface area (Å²) in [4.78, 5) is 18.7. The van der Waals surface area contributed by atoms with Gasteiger partial charge in [0.2, 0.25) is 0 Å². The lowest BCUT2D eigenvalue weighted by Gasteiger charge is -2.18. The highest BCUT2D eigenvalue weighted by Crippen LogP contribution is 2.41. The number of halogens is 1. The predicted molar refractivity (Wildman–Crippen MR) is 138 cm³/mol. The van der Waals surface area contributed by atoms with Gasteiger partial charge in [-0.15, -0.1) is 0 Å². The molecule has 2 nitrogen and oxygen atoms in total. The van der Waals surface area contributed by atoms with Crippen LogP contribution in [0.25, 0.3) is 22.0 Å². The number of fused-ring (bicyclic) bond motifs is 1. The summed E-state index contributed by atoms with van der Waals surface area (Å²) in [6, 6.07) is 37.4. The number of rotatable bonds is 6. The molecular weight excluding hydrogens is 446 g/mol. The number of aromatic nitrogens is 1. The fourth-order valence-corrected chi connectivity index (χ4v) is 5.14. The Kier molecular flexibility index (Phi) is 6.25. The number of hydrogen-bond acceptors (Lipinski definition) is 3. The van der Waals surface area contributed by atoms with Gasteiger partial charge in [-0.1, -0.05) is 108 Å². The van der Waals surface area contributed by atoms with E-state index in [1.807, 2.05) is 60.7 Å². The van der Waals surface area contributed by atoms with Gasteiger partial charge in [-0.05, 0) is 41.3 Å². The number of pyridine rings is 1. The Bertz CT molecular complexity index is 1400.